The van der Waals surface area contributed by atoms with Gasteiger partial charge in [0.1, 0.15) is 12.4 Å². The number of carbonyl (C=O) groups excluding carboxylic acids is 1. The third kappa shape index (κ3) is 3.77. The van der Waals surface area contributed by atoms with Crippen molar-refractivity contribution in [2.75, 3.05) is 0 Å². The van der Waals surface area contributed by atoms with Gasteiger partial charge in [0.2, 0.25) is 11.8 Å². The molecule has 0 unspecified atom stereocenters. The predicted molar refractivity (Wildman–Crippen MR) is 96.4 cm³/mol. The van der Waals surface area contributed by atoms with Crippen LogP contribution in [0.4, 0.5) is 0 Å². The van der Waals surface area contributed by atoms with E-state index in [4.69, 9.17) is 9.15 Å². The van der Waals surface area contributed by atoms with E-state index in [1.165, 1.54) is 0 Å². The van der Waals surface area contributed by atoms with Gasteiger partial charge in [0.25, 0.3) is 0 Å². The molecule has 1 aliphatic rings. The Kier molecular flexibility index (Phi) is 4.69. The summed E-state index contributed by atoms with van der Waals surface area (Å²) >= 11 is 0. The lowest BCUT2D eigenvalue weighted by Crippen LogP contribution is -2.25. The minimum absolute atomic E-state index is 0.00786. The van der Waals surface area contributed by atoms with Crippen molar-refractivity contribution < 1.29 is 13.9 Å². The number of nitrogens with zero attached hydrogens (tertiary/aromatic N) is 1. The molecule has 5 heteroatoms. The number of aromatic nitrogens is 1. The third-order valence-electron chi connectivity index (χ3n) is 4.56. The summed E-state index contributed by atoms with van der Waals surface area (Å²) < 4.78 is 11.2. The van der Waals surface area contributed by atoms with Crippen molar-refractivity contribution in [3.05, 3.63) is 83.9 Å². The number of amides is 1. The van der Waals surface area contributed by atoms with Gasteiger partial charge < -0.3 is 14.5 Å². The second kappa shape index (κ2) is 7.44. The van der Waals surface area contributed by atoms with Gasteiger partial charge in [-0.25, -0.2) is 4.98 Å². The van der Waals surface area contributed by atoms with Gasteiger partial charge in [0.15, 0.2) is 0 Å². The molecule has 0 bridgehead atoms. The summed E-state index contributed by atoms with van der Waals surface area (Å²) in [4.78, 5) is 16.7. The SMILES string of the molecule is O=C(NCc1cccnc1OCc1ccccc1)[C@H]1C[C@@H]1c1ccco1. The van der Waals surface area contributed by atoms with Gasteiger partial charge in [-0.15, -0.1) is 0 Å². The molecule has 0 spiro atoms. The molecule has 1 saturated carbocycles. The molecule has 1 amide bonds. The number of carbonyl (C=O) groups is 1. The average Bonchev–Trinajstić information content (AvgIpc) is 3.31. The van der Waals surface area contributed by atoms with E-state index < -0.39 is 0 Å². The van der Waals surface area contributed by atoms with Crippen LogP contribution in [0, 0.1) is 5.92 Å². The lowest BCUT2D eigenvalue weighted by molar-refractivity contribution is -0.122. The van der Waals surface area contributed by atoms with Crippen LogP contribution in [-0.2, 0) is 17.9 Å². The molecule has 1 fully saturated rings. The van der Waals surface area contributed by atoms with E-state index in [-0.39, 0.29) is 17.7 Å². The Labute approximate surface area is 152 Å². The minimum atomic E-state index is -0.00786. The number of hydrogen-bond acceptors (Lipinski definition) is 4. The first-order chi connectivity index (χ1) is 12.8. The molecule has 1 aromatic carbocycles. The second-order valence-electron chi connectivity index (χ2n) is 6.42. The Morgan fingerprint density at radius 3 is 2.85 bits per heavy atom. The number of benzene rings is 1. The van der Waals surface area contributed by atoms with Crippen LogP contribution in [0.2, 0.25) is 0 Å². The molecular formula is C21H20N2O3. The zero-order valence-electron chi connectivity index (χ0n) is 14.3. The van der Waals surface area contributed by atoms with Gasteiger partial charge >= 0.3 is 0 Å². The number of rotatable bonds is 7. The molecule has 132 valence electrons. The number of ether oxygens (including phenoxy) is 1. The highest BCUT2D eigenvalue weighted by molar-refractivity contribution is 5.82. The van der Waals surface area contributed by atoms with E-state index in [2.05, 4.69) is 10.3 Å². The molecule has 3 aromatic rings. The van der Waals surface area contributed by atoms with E-state index in [1.54, 1.807) is 12.5 Å². The summed E-state index contributed by atoms with van der Waals surface area (Å²) in [5.74, 6) is 1.68. The number of hydrogen-bond donors (Lipinski definition) is 1. The van der Waals surface area contributed by atoms with Gasteiger partial charge in [-0.3, -0.25) is 4.79 Å². The van der Waals surface area contributed by atoms with E-state index in [0.717, 1.165) is 23.3 Å². The van der Waals surface area contributed by atoms with E-state index in [1.807, 2.05) is 54.6 Å². The Hall–Kier alpha value is -3.08. The van der Waals surface area contributed by atoms with Crippen LogP contribution in [0.5, 0.6) is 5.88 Å². The molecule has 0 saturated heterocycles. The second-order valence-corrected chi connectivity index (χ2v) is 6.42. The van der Waals surface area contributed by atoms with Crippen molar-refractivity contribution in [1.29, 1.82) is 0 Å². The van der Waals surface area contributed by atoms with Crippen LogP contribution in [0.3, 0.4) is 0 Å². The van der Waals surface area contributed by atoms with Crippen LogP contribution in [0.1, 0.15) is 29.2 Å². The molecule has 4 rings (SSSR count). The van der Waals surface area contributed by atoms with Crippen molar-refractivity contribution in [1.82, 2.24) is 10.3 Å². The van der Waals surface area contributed by atoms with Crippen molar-refractivity contribution in [2.24, 2.45) is 5.92 Å². The summed E-state index contributed by atoms with van der Waals surface area (Å²) in [6.07, 6.45) is 4.18. The summed E-state index contributed by atoms with van der Waals surface area (Å²) in [5, 5.41) is 2.99. The van der Waals surface area contributed by atoms with Crippen LogP contribution < -0.4 is 10.1 Å². The van der Waals surface area contributed by atoms with E-state index in [0.29, 0.717) is 19.0 Å². The molecule has 2 atom stereocenters. The van der Waals surface area contributed by atoms with Crippen LogP contribution >= 0.6 is 0 Å². The van der Waals surface area contributed by atoms with E-state index in [9.17, 15) is 4.79 Å². The first-order valence-electron chi connectivity index (χ1n) is 8.73. The lowest BCUT2D eigenvalue weighted by atomic mass is 10.2. The molecular weight excluding hydrogens is 328 g/mol. The Morgan fingerprint density at radius 1 is 1.15 bits per heavy atom. The standard InChI is InChI=1S/C21H20N2O3/c24-20(18-12-17(18)19-9-5-11-25-19)23-13-16-8-4-10-22-21(16)26-14-15-6-2-1-3-7-15/h1-11,17-18H,12-14H2,(H,23,24)/t17-,18-/m0/s1. The van der Waals surface area contributed by atoms with Crippen LogP contribution in [-0.4, -0.2) is 10.9 Å². The van der Waals surface area contributed by atoms with Gasteiger partial charge in [-0.1, -0.05) is 36.4 Å². The highest BCUT2D eigenvalue weighted by atomic mass is 16.5. The quantitative estimate of drug-likeness (QED) is 0.707. The topological polar surface area (TPSA) is 64.4 Å². The predicted octanol–water partition coefficient (Wildman–Crippen LogP) is 3.67. The molecule has 1 N–H and O–H groups in total. The normalized spacial score (nSPS) is 18.3. The molecule has 2 heterocycles. The third-order valence-corrected chi connectivity index (χ3v) is 4.56. The van der Waals surface area contributed by atoms with E-state index >= 15 is 0 Å². The maximum Gasteiger partial charge on any atom is 0.224 e. The number of furan rings is 1. The fourth-order valence-electron chi connectivity index (χ4n) is 3.03. The van der Waals surface area contributed by atoms with Gasteiger partial charge in [-0.2, -0.15) is 0 Å². The first-order valence-corrected chi connectivity index (χ1v) is 8.73. The Balaban J connectivity index is 1.33. The van der Waals surface area contributed by atoms with Crippen molar-refractivity contribution in [3.8, 4) is 5.88 Å². The molecule has 0 radical (unpaired) electrons. The highest BCUT2D eigenvalue weighted by Crippen LogP contribution is 2.47. The van der Waals surface area contributed by atoms with Gasteiger partial charge in [0, 0.05) is 30.1 Å². The molecule has 26 heavy (non-hydrogen) atoms. The van der Waals surface area contributed by atoms with Crippen LogP contribution in [0.25, 0.3) is 0 Å². The van der Waals surface area contributed by atoms with Crippen molar-refractivity contribution in [2.45, 2.75) is 25.5 Å². The Bertz CT molecular complexity index is 862. The monoisotopic (exact) mass is 348 g/mol. The van der Waals surface area contributed by atoms with Crippen molar-refractivity contribution >= 4 is 5.91 Å². The smallest absolute Gasteiger partial charge is 0.224 e. The maximum absolute atomic E-state index is 12.4. The lowest BCUT2D eigenvalue weighted by Gasteiger charge is -2.11. The summed E-state index contributed by atoms with van der Waals surface area (Å²) in [6.45, 7) is 0.847. The molecule has 5 nitrogen and oxygen atoms in total. The zero-order valence-corrected chi connectivity index (χ0v) is 14.3. The fourth-order valence-corrected chi connectivity index (χ4v) is 3.03. The average molecular weight is 348 g/mol. The Morgan fingerprint density at radius 2 is 2.04 bits per heavy atom. The number of pyridine rings is 1. The fraction of sp³-hybridized carbons (Fsp3) is 0.238. The highest BCUT2D eigenvalue weighted by Gasteiger charge is 2.45. The molecule has 0 aliphatic heterocycles. The first kappa shape index (κ1) is 16.4. The summed E-state index contributed by atoms with van der Waals surface area (Å²) in [7, 11) is 0. The number of nitrogens with one attached hydrogen (secondary N) is 1. The van der Waals surface area contributed by atoms with Gasteiger partial charge in [0.05, 0.1) is 6.26 Å². The minimum Gasteiger partial charge on any atom is -0.473 e. The zero-order chi connectivity index (χ0) is 17.8. The van der Waals surface area contributed by atoms with Gasteiger partial charge in [-0.05, 0) is 30.2 Å². The van der Waals surface area contributed by atoms with Crippen LogP contribution in [0.15, 0.2) is 71.5 Å². The largest absolute Gasteiger partial charge is 0.473 e. The summed E-state index contributed by atoms with van der Waals surface area (Å²) in [6, 6.07) is 17.5. The molecule has 1 aliphatic carbocycles. The molecule has 2 aromatic heterocycles. The van der Waals surface area contributed by atoms with Crippen molar-refractivity contribution in [3.63, 3.8) is 0 Å². The maximum atomic E-state index is 12.4. The summed E-state index contributed by atoms with van der Waals surface area (Å²) in [5.41, 5.74) is 1.94.